The topological polar surface area (TPSA) is 73.6 Å². The highest BCUT2D eigenvalue weighted by molar-refractivity contribution is 5.79. The molecule has 1 amide bonds. The van der Waals surface area contributed by atoms with Crippen LogP contribution in [0.4, 0.5) is 0 Å². The number of nitrogens with two attached hydrogens (primary N) is 1. The molecule has 4 saturated heterocycles. The molecule has 4 atom stereocenters. The van der Waals surface area contributed by atoms with Crippen LogP contribution in [0.25, 0.3) is 0 Å². The molecule has 6 nitrogen and oxygen atoms in total. The number of carbonyl (C=O) groups excluding carboxylic acids is 1. The molecule has 130 valence electrons. The van der Waals surface area contributed by atoms with Gasteiger partial charge < -0.3 is 16.0 Å². The first-order chi connectivity index (χ1) is 11.2. The first kappa shape index (κ1) is 15.8. The highest BCUT2D eigenvalue weighted by atomic mass is 16.2. The fourth-order valence-electron chi connectivity index (χ4n) is 4.98. The van der Waals surface area contributed by atoms with E-state index in [4.69, 9.17) is 5.73 Å². The Bertz CT molecular complexity index is 437. The van der Waals surface area contributed by atoms with Crippen LogP contribution in [-0.2, 0) is 4.79 Å². The number of hydrogen-bond acceptors (Lipinski definition) is 5. The lowest BCUT2D eigenvalue weighted by molar-refractivity contribution is -0.126. The van der Waals surface area contributed by atoms with Gasteiger partial charge in [0.15, 0.2) is 0 Å². The number of nitrogens with one attached hydrogen (secondary N) is 2. The van der Waals surface area contributed by atoms with Crippen molar-refractivity contribution in [2.24, 2.45) is 17.6 Å². The van der Waals surface area contributed by atoms with E-state index in [-0.39, 0.29) is 17.9 Å². The first-order valence-electron chi connectivity index (χ1n) is 9.49. The second kappa shape index (κ2) is 6.67. The highest BCUT2D eigenvalue weighted by Gasteiger charge is 2.39. The zero-order valence-corrected chi connectivity index (χ0v) is 14.0. The van der Waals surface area contributed by atoms with Crippen LogP contribution in [0.15, 0.2) is 0 Å². The molecule has 0 aromatic rings. The monoisotopic (exact) mass is 321 g/mol. The lowest BCUT2D eigenvalue weighted by Gasteiger charge is -2.45. The molecule has 5 fully saturated rings. The van der Waals surface area contributed by atoms with Crippen LogP contribution in [0.3, 0.4) is 0 Å². The van der Waals surface area contributed by atoms with Gasteiger partial charge in [-0.15, -0.1) is 0 Å². The van der Waals surface area contributed by atoms with E-state index in [0.29, 0.717) is 18.0 Å². The number of hydrogen-bond donors (Lipinski definition) is 3. The van der Waals surface area contributed by atoms with Crippen molar-refractivity contribution in [3.05, 3.63) is 0 Å². The van der Waals surface area contributed by atoms with Gasteiger partial charge in [0.2, 0.25) is 5.91 Å². The van der Waals surface area contributed by atoms with Crippen molar-refractivity contribution in [2.75, 3.05) is 32.7 Å². The normalized spacial score (nSPS) is 44.4. The van der Waals surface area contributed by atoms with Crippen molar-refractivity contribution < 1.29 is 4.79 Å². The Hall–Kier alpha value is -0.690. The van der Waals surface area contributed by atoms with E-state index in [1.54, 1.807) is 0 Å². The molecule has 4 heterocycles. The van der Waals surface area contributed by atoms with Gasteiger partial charge >= 0.3 is 0 Å². The molecule has 0 aromatic carbocycles. The molecule has 23 heavy (non-hydrogen) atoms. The summed E-state index contributed by atoms with van der Waals surface area (Å²) < 4.78 is 0. The van der Waals surface area contributed by atoms with Gasteiger partial charge in [0, 0.05) is 37.8 Å². The van der Waals surface area contributed by atoms with Gasteiger partial charge in [0.1, 0.15) is 0 Å². The van der Waals surface area contributed by atoms with E-state index in [2.05, 4.69) is 20.7 Å². The molecular weight excluding hydrogens is 290 g/mol. The number of hydrazine groups is 1. The van der Waals surface area contributed by atoms with Gasteiger partial charge in [-0.25, -0.2) is 5.01 Å². The lowest BCUT2D eigenvalue weighted by Crippen LogP contribution is -2.58. The molecule has 2 bridgehead atoms. The molecule has 5 rings (SSSR count). The Morgan fingerprint density at radius 1 is 1.09 bits per heavy atom. The molecule has 2 unspecified atom stereocenters. The summed E-state index contributed by atoms with van der Waals surface area (Å²) in [6.07, 6.45) is 7.26. The van der Waals surface area contributed by atoms with E-state index >= 15 is 0 Å². The van der Waals surface area contributed by atoms with E-state index in [0.717, 1.165) is 32.5 Å². The SMILES string of the molecule is N[C@H]1CCCC[C@H]1N1CC(C(=O)NC2CN3CCC2CC3)CN1. The quantitative estimate of drug-likeness (QED) is 0.677. The van der Waals surface area contributed by atoms with Crippen LogP contribution in [0.2, 0.25) is 0 Å². The van der Waals surface area contributed by atoms with E-state index in [1.165, 1.54) is 38.8 Å². The molecule has 0 aromatic heterocycles. The van der Waals surface area contributed by atoms with E-state index in [9.17, 15) is 4.79 Å². The third-order valence-corrected chi connectivity index (χ3v) is 6.49. The van der Waals surface area contributed by atoms with Gasteiger partial charge in [-0.1, -0.05) is 12.8 Å². The Morgan fingerprint density at radius 3 is 2.57 bits per heavy atom. The second-order valence-corrected chi connectivity index (χ2v) is 7.98. The molecule has 4 aliphatic heterocycles. The fourth-order valence-corrected chi connectivity index (χ4v) is 4.98. The van der Waals surface area contributed by atoms with Crippen LogP contribution >= 0.6 is 0 Å². The zero-order valence-electron chi connectivity index (χ0n) is 14.0. The Labute approximate surface area is 139 Å². The molecule has 0 radical (unpaired) electrons. The molecule has 6 heteroatoms. The van der Waals surface area contributed by atoms with Gasteiger partial charge in [-0.3, -0.25) is 10.2 Å². The molecule has 1 saturated carbocycles. The second-order valence-electron chi connectivity index (χ2n) is 7.98. The van der Waals surface area contributed by atoms with Crippen LogP contribution in [0.5, 0.6) is 0 Å². The zero-order chi connectivity index (χ0) is 15.8. The number of amides is 1. The summed E-state index contributed by atoms with van der Waals surface area (Å²) >= 11 is 0. The standard InChI is InChI=1S/C17H31N5O/c18-14-3-1-2-4-16(14)22-10-13(9-19-22)17(23)20-15-11-21-7-5-12(15)6-8-21/h12-16,19H,1-11,18H2,(H,20,23)/t13?,14-,15?,16+/m0/s1. The molecule has 0 spiro atoms. The van der Waals surface area contributed by atoms with E-state index in [1.807, 2.05) is 0 Å². The minimum atomic E-state index is 0.0691. The van der Waals surface area contributed by atoms with Gasteiger partial charge in [0.25, 0.3) is 0 Å². The van der Waals surface area contributed by atoms with Crippen molar-refractivity contribution in [3.8, 4) is 0 Å². The maximum absolute atomic E-state index is 12.7. The number of fused-ring (bicyclic) bond motifs is 3. The minimum absolute atomic E-state index is 0.0691. The average Bonchev–Trinajstić information content (AvgIpc) is 3.06. The van der Waals surface area contributed by atoms with Crippen molar-refractivity contribution >= 4 is 5.91 Å². The molecule has 4 N–H and O–H groups in total. The van der Waals surface area contributed by atoms with Gasteiger partial charge in [-0.2, -0.15) is 0 Å². The molecule has 5 aliphatic rings. The van der Waals surface area contributed by atoms with Crippen LogP contribution in [0, 0.1) is 11.8 Å². The predicted octanol–water partition coefficient (Wildman–Crippen LogP) is -0.0969. The Balaban J connectivity index is 1.30. The largest absolute Gasteiger partial charge is 0.351 e. The smallest absolute Gasteiger partial charge is 0.226 e. The number of nitrogens with zero attached hydrogens (tertiary/aromatic N) is 2. The number of carbonyl (C=O) groups is 1. The van der Waals surface area contributed by atoms with Crippen molar-refractivity contribution in [2.45, 2.75) is 56.7 Å². The van der Waals surface area contributed by atoms with E-state index < -0.39 is 0 Å². The van der Waals surface area contributed by atoms with Gasteiger partial charge in [-0.05, 0) is 44.7 Å². The summed E-state index contributed by atoms with van der Waals surface area (Å²) in [4.78, 5) is 15.2. The summed E-state index contributed by atoms with van der Waals surface area (Å²) in [6.45, 7) is 5.06. The number of piperidine rings is 3. The minimum Gasteiger partial charge on any atom is -0.351 e. The van der Waals surface area contributed by atoms with Crippen LogP contribution in [0.1, 0.15) is 38.5 Å². The molecule has 1 aliphatic carbocycles. The summed E-state index contributed by atoms with van der Waals surface area (Å²) in [5, 5.41) is 5.60. The maximum atomic E-state index is 12.7. The number of rotatable bonds is 3. The van der Waals surface area contributed by atoms with Gasteiger partial charge in [0.05, 0.1) is 5.92 Å². The Morgan fingerprint density at radius 2 is 1.87 bits per heavy atom. The Kier molecular flexibility index (Phi) is 4.58. The maximum Gasteiger partial charge on any atom is 0.226 e. The fraction of sp³-hybridized carbons (Fsp3) is 0.941. The van der Waals surface area contributed by atoms with Crippen molar-refractivity contribution in [3.63, 3.8) is 0 Å². The highest BCUT2D eigenvalue weighted by Crippen LogP contribution is 2.28. The van der Waals surface area contributed by atoms with Crippen molar-refractivity contribution in [1.82, 2.24) is 20.7 Å². The average molecular weight is 321 g/mol. The summed E-state index contributed by atoms with van der Waals surface area (Å²) in [6, 6.07) is 1.02. The summed E-state index contributed by atoms with van der Waals surface area (Å²) in [7, 11) is 0. The van der Waals surface area contributed by atoms with Crippen LogP contribution < -0.4 is 16.5 Å². The van der Waals surface area contributed by atoms with Crippen molar-refractivity contribution in [1.29, 1.82) is 0 Å². The van der Waals surface area contributed by atoms with Crippen LogP contribution in [-0.4, -0.2) is 66.7 Å². The summed E-state index contributed by atoms with van der Waals surface area (Å²) in [5.41, 5.74) is 9.72. The lowest BCUT2D eigenvalue weighted by atomic mass is 9.84. The third-order valence-electron chi connectivity index (χ3n) is 6.49. The predicted molar refractivity (Wildman–Crippen MR) is 89.5 cm³/mol. The first-order valence-corrected chi connectivity index (χ1v) is 9.49. The molecular formula is C17H31N5O. The summed E-state index contributed by atoms with van der Waals surface area (Å²) in [5.74, 6) is 1.00. The third kappa shape index (κ3) is 3.27.